The third kappa shape index (κ3) is 3.25. The van der Waals surface area contributed by atoms with Crippen molar-refractivity contribution in [2.45, 2.75) is 26.3 Å². The summed E-state index contributed by atoms with van der Waals surface area (Å²) in [5.74, 6) is 0.485. The van der Waals surface area contributed by atoms with Crippen LogP contribution in [0.3, 0.4) is 0 Å². The van der Waals surface area contributed by atoms with Gasteiger partial charge in [0.05, 0.1) is 5.69 Å². The summed E-state index contributed by atoms with van der Waals surface area (Å²) in [6.07, 6.45) is 2.95. The number of nitrogens with zero attached hydrogens (tertiary/aromatic N) is 1. The van der Waals surface area contributed by atoms with E-state index in [9.17, 15) is 9.18 Å². The van der Waals surface area contributed by atoms with Gasteiger partial charge >= 0.3 is 0 Å². The molecular formula is C14H20FNOS. The second kappa shape index (κ2) is 6.78. The predicted molar refractivity (Wildman–Crippen MR) is 77.3 cm³/mol. The zero-order valence-corrected chi connectivity index (χ0v) is 12.2. The fourth-order valence-electron chi connectivity index (χ4n) is 2.04. The summed E-state index contributed by atoms with van der Waals surface area (Å²) >= 11 is 1.73. The van der Waals surface area contributed by atoms with Gasteiger partial charge in [-0.15, -0.1) is 0 Å². The van der Waals surface area contributed by atoms with Crippen LogP contribution in [0.1, 0.15) is 30.6 Å². The van der Waals surface area contributed by atoms with Crippen molar-refractivity contribution < 1.29 is 9.18 Å². The van der Waals surface area contributed by atoms with Crippen LogP contribution in [0.4, 0.5) is 10.1 Å². The van der Waals surface area contributed by atoms with Crippen molar-refractivity contribution in [2.24, 2.45) is 0 Å². The Kier molecular flexibility index (Phi) is 5.66. The molecule has 0 spiro atoms. The number of ketones is 1. The Hall–Kier alpha value is -1.03. The van der Waals surface area contributed by atoms with E-state index in [1.807, 2.05) is 18.2 Å². The predicted octanol–water partition coefficient (Wildman–Crippen LogP) is 3.61. The lowest BCUT2D eigenvalue weighted by Gasteiger charge is -2.30. The number of carbonyl (C=O) groups excluding carboxylic acids is 1. The zero-order chi connectivity index (χ0) is 13.7. The summed E-state index contributed by atoms with van der Waals surface area (Å²) < 4.78 is 14.0. The highest BCUT2D eigenvalue weighted by Crippen LogP contribution is 2.27. The molecule has 0 saturated carbocycles. The Morgan fingerprint density at radius 1 is 1.50 bits per heavy atom. The second-order valence-corrected chi connectivity index (χ2v) is 5.23. The average Bonchev–Trinajstić information content (AvgIpc) is 2.34. The number of hydrogen-bond acceptors (Lipinski definition) is 3. The molecule has 1 atom stereocenters. The summed E-state index contributed by atoms with van der Waals surface area (Å²) in [6.45, 7) is 3.55. The van der Waals surface area contributed by atoms with Gasteiger partial charge < -0.3 is 4.90 Å². The van der Waals surface area contributed by atoms with Gasteiger partial charge in [-0.1, -0.05) is 13.0 Å². The summed E-state index contributed by atoms with van der Waals surface area (Å²) in [7, 11) is 1.86. The van der Waals surface area contributed by atoms with Crippen molar-refractivity contribution in [2.75, 3.05) is 24.0 Å². The first-order chi connectivity index (χ1) is 8.52. The topological polar surface area (TPSA) is 20.3 Å². The molecule has 18 heavy (non-hydrogen) atoms. The molecule has 0 saturated heterocycles. The van der Waals surface area contributed by atoms with Crippen LogP contribution in [0.5, 0.6) is 0 Å². The number of Topliss-reactive ketones (excluding diaryl/α,β-unsaturated/α-hetero) is 1. The normalized spacial score (nSPS) is 12.3. The van der Waals surface area contributed by atoms with E-state index in [2.05, 4.69) is 6.92 Å². The van der Waals surface area contributed by atoms with E-state index in [1.165, 1.54) is 13.0 Å². The maximum absolute atomic E-state index is 14.0. The van der Waals surface area contributed by atoms with Gasteiger partial charge in [0.15, 0.2) is 5.78 Å². The Morgan fingerprint density at radius 3 is 2.67 bits per heavy atom. The molecule has 0 aliphatic rings. The minimum Gasteiger partial charge on any atom is -0.368 e. The molecule has 0 N–H and O–H groups in total. The lowest BCUT2D eigenvalue weighted by Crippen LogP contribution is -2.34. The van der Waals surface area contributed by atoms with Crippen molar-refractivity contribution in [1.29, 1.82) is 0 Å². The summed E-state index contributed by atoms with van der Waals surface area (Å²) in [4.78, 5) is 13.5. The minimum atomic E-state index is -0.329. The Morgan fingerprint density at radius 2 is 2.17 bits per heavy atom. The van der Waals surface area contributed by atoms with Crippen LogP contribution < -0.4 is 4.90 Å². The molecule has 0 aliphatic heterocycles. The van der Waals surface area contributed by atoms with Crippen molar-refractivity contribution >= 4 is 23.2 Å². The van der Waals surface area contributed by atoms with E-state index < -0.39 is 0 Å². The van der Waals surface area contributed by atoms with Crippen LogP contribution in [-0.4, -0.2) is 30.9 Å². The number of carbonyl (C=O) groups is 1. The molecule has 4 heteroatoms. The molecule has 1 rings (SSSR count). The maximum atomic E-state index is 14.0. The van der Waals surface area contributed by atoms with E-state index in [-0.39, 0.29) is 17.6 Å². The summed E-state index contributed by atoms with van der Waals surface area (Å²) in [6, 6.07) is 4.90. The van der Waals surface area contributed by atoms with Crippen LogP contribution in [0.15, 0.2) is 18.2 Å². The first kappa shape index (κ1) is 15.0. The standard InChI is InChI=1S/C14H20FNOS/c1-5-11(9-18-4)16(3)14-12(10(2)17)7-6-8-13(14)15/h6-8,11H,5,9H2,1-4H3. The molecule has 0 aromatic heterocycles. The first-order valence-corrected chi connectivity index (χ1v) is 7.43. The lowest BCUT2D eigenvalue weighted by molar-refractivity contribution is 0.101. The highest BCUT2D eigenvalue weighted by Gasteiger charge is 2.20. The van der Waals surface area contributed by atoms with Crippen LogP contribution in [0, 0.1) is 5.82 Å². The van der Waals surface area contributed by atoms with Gasteiger partial charge in [0.1, 0.15) is 5.82 Å². The van der Waals surface area contributed by atoms with Crippen molar-refractivity contribution in [3.05, 3.63) is 29.6 Å². The molecule has 0 aliphatic carbocycles. The fraction of sp³-hybridized carbons (Fsp3) is 0.500. The molecule has 0 bridgehead atoms. The molecular weight excluding hydrogens is 249 g/mol. The van der Waals surface area contributed by atoms with Gasteiger partial charge in [0.2, 0.25) is 0 Å². The Bertz CT molecular complexity index is 422. The molecule has 100 valence electrons. The highest BCUT2D eigenvalue weighted by atomic mass is 32.2. The number of benzene rings is 1. The van der Waals surface area contributed by atoms with Crippen LogP contribution in [0.25, 0.3) is 0 Å². The third-order valence-electron chi connectivity index (χ3n) is 3.10. The Balaban J connectivity index is 3.17. The quantitative estimate of drug-likeness (QED) is 0.736. The average molecular weight is 269 g/mol. The molecule has 0 heterocycles. The van der Waals surface area contributed by atoms with E-state index in [1.54, 1.807) is 23.9 Å². The van der Waals surface area contributed by atoms with Gasteiger partial charge in [-0.2, -0.15) is 11.8 Å². The summed E-state index contributed by atoms with van der Waals surface area (Å²) in [5, 5.41) is 0. The number of hydrogen-bond donors (Lipinski definition) is 0. The monoisotopic (exact) mass is 269 g/mol. The third-order valence-corrected chi connectivity index (χ3v) is 3.81. The largest absolute Gasteiger partial charge is 0.368 e. The van der Waals surface area contributed by atoms with Crippen LogP contribution in [0.2, 0.25) is 0 Å². The number of para-hydroxylation sites is 1. The van der Waals surface area contributed by atoms with E-state index >= 15 is 0 Å². The molecule has 1 unspecified atom stereocenters. The van der Waals surface area contributed by atoms with Gasteiger partial charge in [-0.05, 0) is 31.7 Å². The summed E-state index contributed by atoms with van der Waals surface area (Å²) in [5.41, 5.74) is 0.878. The van der Waals surface area contributed by atoms with E-state index in [0.29, 0.717) is 11.3 Å². The Labute approximate surface area is 113 Å². The second-order valence-electron chi connectivity index (χ2n) is 4.32. The van der Waals surface area contributed by atoms with Crippen LogP contribution >= 0.6 is 11.8 Å². The lowest BCUT2D eigenvalue weighted by atomic mass is 10.1. The number of halogens is 1. The van der Waals surface area contributed by atoms with Gasteiger partial charge in [0, 0.05) is 24.4 Å². The fourth-order valence-corrected chi connectivity index (χ4v) is 2.88. The molecule has 0 amide bonds. The molecule has 0 fully saturated rings. The van der Waals surface area contributed by atoms with Crippen LogP contribution in [-0.2, 0) is 0 Å². The van der Waals surface area contributed by atoms with Crippen molar-refractivity contribution in [3.8, 4) is 0 Å². The first-order valence-electron chi connectivity index (χ1n) is 6.04. The van der Waals surface area contributed by atoms with Gasteiger partial charge in [0.25, 0.3) is 0 Å². The maximum Gasteiger partial charge on any atom is 0.161 e. The van der Waals surface area contributed by atoms with E-state index in [4.69, 9.17) is 0 Å². The molecule has 2 nitrogen and oxygen atoms in total. The number of rotatable bonds is 6. The van der Waals surface area contributed by atoms with Crippen molar-refractivity contribution in [1.82, 2.24) is 0 Å². The number of thioether (sulfide) groups is 1. The van der Waals surface area contributed by atoms with E-state index in [0.717, 1.165) is 12.2 Å². The molecule has 1 aromatic rings. The molecule has 1 aromatic carbocycles. The highest BCUT2D eigenvalue weighted by molar-refractivity contribution is 7.98. The van der Waals surface area contributed by atoms with Gasteiger partial charge in [-0.3, -0.25) is 4.79 Å². The zero-order valence-electron chi connectivity index (χ0n) is 11.4. The SMILES string of the molecule is CCC(CSC)N(C)c1c(F)cccc1C(C)=O. The molecule has 0 radical (unpaired) electrons. The number of anilines is 1. The smallest absolute Gasteiger partial charge is 0.161 e. The van der Waals surface area contributed by atoms with Crippen molar-refractivity contribution in [3.63, 3.8) is 0 Å². The van der Waals surface area contributed by atoms with Gasteiger partial charge in [-0.25, -0.2) is 4.39 Å². The minimum absolute atomic E-state index is 0.102.